The van der Waals surface area contributed by atoms with Crippen LogP contribution >= 0.6 is 0 Å². The minimum Gasteiger partial charge on any atom is -0.376 e. The fourth-order valence-electron chi connectivity index (χ4n) is 3.33. The number of fused-ring (bicyclic) bond motifs is 1. The molecular weight excluding hydrogens is 264 g/mol. The number of ketones is 1. The zero-order valence-corrected chi connectivity index (χ0v) is 12.5. The number of hydrogen-bond acceptors (Lipinski definition) is 3. The van der Waals surface area contributed by atoms with Crippen LogP contribution < -0.4 is 0 Å². The minimum absolute atomic E-state index is 0.115. The van der Waals surface area contributed by atoms with Crippen LogP contribution in [0.4, 0.5) is 0 Å². The van der Waals surface area contributed by atoms with Crippen molar-refractivity contribution in [3.63, 3.8) is 0 Å². The Morgan fingerprint density at radius 3 is 2.71 bits per heavy atom. The van der Waals surface area contributed by atoms with Gasteiger partial charge in [0.25, 0.3) is 0 Å². The number of benzene rings is 1. The van der Waals surface area contributed by atoms with Crippen LogP contribution in [0.15, 0.2) is 30.3 Å². The lowest BCUT2D eigenvalue weighted by Gasteiger charge is -2.36. The van der Waals surface area contributed by atoms with Crippen molar-refractivity contribution in [2.75, 3.05) is 6.61 Å². The van der Waals surface area contributed by atoms with Gasteiger partial charge >= 0.3 is 0 Å². The summed E-state index contributed by atoms with van der Waals surface area (Å²) < 4.78 is 12.0. The molecule has 0 amide bonds. The Morgan fingerprint density at radius 1 is 1.05 bits per heavy atom. The molecule has 21 heavy (non-hydrogen) atoms. The minimum atomic E-state index is -0.250. The summed E-state index contributed by atoms with van der Waals surface area (Å²) >= 11 is 0. The molecule has 2 aliphatic heterocycles. The summed E-state index contributed by atoms with van der Waals surface area (Å²) in [5.74, 6) is 0.273. The van der Waals surface area contributed by atoms with E-state index < -0.39 is 0 Å². The Labute approximate surface area is 126 Å². The molecule has 2 fully saturated rings. The van der Waals surface area contributed by atoms with E-state index in [1.807, 2.05) is 18.2 Å². The number of carbonyl (C=O) groups excluding carboxylic acids is 1. The van der Waals surface area contributed by atoms with E-state index in [0.29, 0.717) is 6.42 Å². The smallest absolute Gasteiger partial charge is 0.161 e. The first-order valence-electron chi connectivity index (χ1n) is 8.16. The van der Waals surface area contributed by atoms with Gasteiger partial charge in [0, 0.05) is 13.0 Å². The van der Waals surface area contributed by atoms with E-state index in [2.05, 4.69) is 12.1 Å². The van der Waals surface area contributed by atoms with E-state index in [1.165, 1.54) is 5.56 Å². The van der Waals surface area contributed by atoms with E-state index in [1.54, 1.807) is 0 Å². The van der Waals surface area contributed by atoms with Gasteiger partial charge in [-0.25, -0.2) is 0 Å². The van der Waals surface area contributed by atoms with Gasteiger partial charge in [0.05, 0.1) is 12.2 Å². The average molecular weight is 288 g/mol. The highest BCUT2D eigenvalue weighted by atomic mass is 16.6. The van der Waals surface area contributed by atoms with Crippen LogP contribution in [0.3, 0.4) is 0 Å². The molecule has 3 atom stereocenters. The summed E-state index contributed by atoms with van der Waals surface area (Å²) in [5, 5.41) is 0. The van der Waals surface area contributed by atoms with Gasteiger partial charge in [-0.15, -0.1) is 0 Å². The average Bonchev–Trinajstić information content (AvgIpc) is 2.52. The maximum Gasteiger partial charge on any atom is 0.161 e. The Morgan fingerprint density at radius 2 is 1.86 bits per heavy atom. The van der Waals surface area contributed by atoms with Crippen LogP contribution in [0.25, 0.3) is 0 Å². The molecule has 0 aromatic heterocycles. The molecule has 2 aliphatic rings. The van der Waals surface area contributed by atoms with Crippen molar-refractivity contribution >= 4 is 5.78 Å². The van der Waals surface area contributed by atoms with Crippen molar-refractivity contribution in [3.8, 4) is 0 Å². The van der Waals surface area contributed by atoms with Gasteiger partial charge in [0.1, 0.15) is 6.10 Å². The summed E-state index contributed by atoms with van der Waals surface area (Å²) in [6.45, 7) is 0.840. The van der Waals surface area contributed by atoms with E-state index in [-0.39, 0.29) is 24.1 Å². The second-order valence-electron chi connectivity index (χ2n) is 6.10. The fourth-order valence-corrected chi connectivity index (χ4v) is 3.33. The van der Waals surface area contributed by atoms with Crippen LogP contribution in [-0.4, -0.2) is 30.7 Å². The van der Waals surface area contributed by atoms with E-state index in [0.717, 1.165) is 45.1 Å². The van der Waals surface area contributed by atoms with Gasteiger partial charge in [-0.2, -0.15) is 0 Å². The van der Waals surface area contributed by atoms with Crippen molar-refractivity contribution in [2.45, 2.75) is 63.3 Å². The zero-order chi connectivity index (χ0) is 14.5. The third-order valence-corrected chi connectivity index (χ3v) is 4.53. The molecule has 0 aliphatic carbocycles. The van der Waals surface area contributed by atoms with Crippen LogP contribution in [0.2, 0.25) is 0 Å². The zero-order valence-electron chi connectivity index (χ0n) is 12.5. The molecule has 0 saturated carbocycles. The van der Waals surface area contributed by atoms with Gasteiger partial charge in [0.15, 0.2) is 5.78 Å². The normalized spacial score (nSPS) is 30.3. The highest BCUT2D eigenvalue weighted by Crippen LogP contribution is 2.27. The van der Waals surface area contributed by atoms with Crippen LogP contribution in [-0.2, 0) is 20.7 Å². The molecule has 3 heteroatoms. The summed E-state index contributed by atoms with van der Waals surface area (Å²) in [5.41, 5.74) is 1.27. The van der Waals surface area contributed by atoms with Gasteiger partial charge in [0.2, 0.25) is 0 Å². The first kappa shape index (κ1) is 14.7. The fraction of sp³-hybridized carbons (Fsp3) is 0.611. The molecule has 3 rings (SSSR count). The third-order valence-electron chi connectivity index (χ3n) is 4.53. The summed E-state index contributed by atoms with van der Waals surface area (Å²) in [4.78, 5) is 12.3. The molecule has 2 saturated heterocycles. The van der Waals surface area contributed by atoms with Gasteiger partial charge < -0.3 is 9.47 Å². The lowest BCUT2D eigenvalue weighted by Crippen LogP contribution is -2.42. The molecule has 3 nitrogen and oxygen atoms in total. The lowest BCUT2D eigenvalue weighted by molar-refractivity contribution is -0.159. The number of Topliss-reactive ketones (excluding diaryl/α,β-unsaturated/α-hetero) is 1. The second kappa shape index (κ2) is 7.19. The monoisotopic (exact) mass is 288 g/mol. The third kappa shape index (κ3) is 3.92. The molecule has 0 bridgehead atoms. The first-order valence-corrected chi connectivity index (χ1v) is 8.16. The van der Waals surface area contributed by atoms with Crippen molar-refractivity contribution in [2.24, 2.45) is 0 Å². The summed E-state index contributed by atoms with van der Waals surface area (Å²) in [6, 6.07) is 10.3. The molecule has 0 unspecified atom stereocenters. The SMILES string of the molecule is O=C1CCC[C@H]2OCCC[C@@H]2O[C@@H]1CCc1ccccc1. The molecule has 2 heterocycles. The van der Waals surface area contributed by atoms with Crippen LogP contribution in [0.5, 0.6) is 0 Å². The van der Waals surface area contributed by atoms with Crippen molar-refractivity contribution < 1.29 is 14.3 Å². The topological polar surface area (TPSA) is 35.5 Å². The molecule has 0 spiro atoms. The van der Waals surface area contributed by atoms with Gasteiger partial charge in [-0.05, 0) is 44.1 Å². The Balaban J connectivity index is 1.62. The molecule has 1 aromatic rings. The van der Waals surface area contributed by atoms with Crippen LogP contribution in [0.1, 0.15) is 44.1 Å². The summed E-state index contributed by atoms with van der Waals surface area (Å²) in [7, 11) is 0. The quantitative estimate of drug-likeness (QED) is 0.856. The highest BCUT2D eigenvalue weighted by Gasteiger charge is 2.33. The standard InChI is InChI=1S/C18H24O3/c19-15-8-4-9-17-18(10-5-13-20-17)21-16(15)12-11-14-6-2-1-3-7-14/h1-3,6-7,16-18H,4-5,8-13H2/t16-,17-,18+/m1/s1. The van der Waals surface area contributed by atoms with Crippen LogP contribution in [0, 0.1) is 0 Å². The number of hydrogen-bond donors (Lipinski definition) is 0. The largest absolute Gasteiger partial charge is 0.376 e. The first-order chi connectivity index (χ1) is 10.3. The molecular formula is C18H24O3. The Hall–Kier alpha value is -1.19. The number of ether oxygens (including phenoxy) is 2. The lowest BCUT2D eigenvalue weighted by atomic mass is 9.94. The Kier molecular flexibility index (Phi) is 5.04. The van der Waals surface area contributed by atoms with E-state index in [4.69, 9.17) is 9.47 Å². The predicted molar refractivity (Wildman–Crippen MR) is 81.3 cm³/mol. The predicted octanol–water partition coefficient (Wildman–Crippen LogP) is 3.31. The highest BCUT2D eigenvalue weighted by molar-refractivity contribution is 5.83. The van der Waals surface area contributed by atoms with Gasteiger partial charge in [-0.1, -0.05) is 30.3 Å². The maximum atomic E-state index is 12.3. The second-order valence-corrected chi connectivity index (χ2v) is 6.10. The van der Waals surface area contributed by atoms with Crippen molar-refractivity contribution in [1.82, 2.24) is 0 Å². The molecule has 114 valence electrons. The van der Waals surface area contributed by atoms with Crippen molar-refractivity contribution in [1.29, 1.82) is 0 Å². The number of aryl methyl sites for hydroxylation is 1. The van der Waals surface area contributed by atoms with E-state index in [9.17, 15) is 4.79 Å². The number of carbonyl (C=O) groups is 1. The van der Waals surface area contributed by atoms with Crippen molar-refractivity contribution in [3.05, 3.63) is 35.9 Å². The molecule has 1 aromatic carbocycles. The molecule has 0 radical (unpaired) electrons. The number of rotatable bonds is 3. The maximum absolute atomic E-state index is 12.3. The van der Waals surface area contributed by atoms with E-state index >= 15 is 0 Å². The van der Waals surface area contributed by atoms with Gasteiger partial charge in [-0.3, -0.25) is 4.79 Å². The summed E-state index contributed by atoms with van der Waals surface area (Å²) in [6.07, 6.45) is 6.34. The molecule has 0 N–H and O–H groups in total. The Bertz CT molecular complexity index is 457.